The molecule has 0 bridgehead atoms. The maximum absolute atomic E-state index is 11.1. The molecule has 0 saturated heterocycles. The molecule has 16 heavy (non-hydrogen) atoms. The van der Waals surface area contributed by atoms with Crippen LogP contribution in [-0.4, -0.2) is 42.3 Å². The highest BCUT2D eigenvalue weighted by Crippen LogP contribution is 2.38. The minimum absolute atomic E-state index is 0.0978. The van der Waals surface area contributed by atoms with E-state index in [4.69, 9.17) is 4.74 Å². The molecule has 0 aromatic heterocycles. The van der Waals surface area contributed by atoms with Crippen molar-refractivity contribution in [3.8, 4) is 0 Å². The average molecular weight is 225 g/mol. The van der Waals surface area contributed by atoms with E-state index in [2.05, 4.69) is 4.99 Å². The smallest absolute Gasteiger partial charge is 0.180 e. The fourth-order valence-corrected chi connectivity index (χ4v) is 2.70. The number of carbonyl (C=O) groups is 2. The number of nitrogens with zero attached hydrogens (tertiary/aromatic N) is 1. The maximum Gasteiger partial charge on any atom is 0.180 e. The van der Waals surface area contributed by atoms with E-state index in [0.717, 1.165) is 12.6 Å². The highest BCUT2D eigenvalue weighted by atomic mass is 16.5. The Morgan fingerprint density at radius 2 is 2.12 bits per heavy atom. The second kappa shape index (κ2) is 4.33. The van der Waals surface area contributed by atoms with Crippen molar-refractivity contribution in [1.82, 2.24) is 0 Å². The Kier molecular flexibility index (Phi) is 3.05. The van der Waals surface area contributed by atoms with Crippen molar-refractivity contribution < 1.29 is 19.4 Å². The average Bonchev–Trinajstić information content (AvgIpc) is 2.66. The lowest BCUT2D eigenvalue weighted by Gasteiger charge is -2.37. The quantitative estimate of drug-likeness (QED) is 0.676. The van der Waals surface area contributed by atoms with E-state index >= 15 is 0 Å². The molecule has 0 aromatic rings. The minimum atomic E-state index is -0.467. The molecule has 0 aromatic carbocycles. The van der Waals surface area contributed by atoms with E-state index in [1.165, 1.54) is 0 Å². The number of ether oxygens (including phenoxy) is 1. The largest absolute Gasteiger partial charge is 0.476 e. The Bertz CT molecular complexity index is 328. The molecule has 1 N–H and O–H groups in total. The van der Waals surface area contributed by atoms with Gasteiger partial charge in [-0.05, 0) is 12.3 Å². The normalized spacial score (nSPS) is 41.9. The van der Waals surface area contributed by atoms with Crippen LogP contribution in [0.4, 0.5) is 0 Å². The summed E-state index contributed by atoms with van der Waals surface area (Å²) < 4.78 is 5.49. The van der Waals surface area contributed by atoms with Gasteiger partial charge >= 0.3 is 0 Å². The van der Waals surface area contributed by atoms with Gasteiger partial charge in [-0.15, -0.1) is 0 Å². The van der Waals surface area contributed by atoms with E-state index in [9.17, 15) is 14.7 Å². The topological polar surface area (TPSA) is 76.0 Å². The second-order valence-corrected chi connectivity index (χ2v) is 4.40. The van der Waals surface area contributed by atoms with Crippen LogP contribution in [0.1, 0.15) is 13.3 Å². The number of hydrogen-bond acceptors (Lipinski definition) is 5. The van der Waals surface area contributed by atoms with Crippen LogP contribution in [0.3, 0.4) is 0 Å². The summed E-state index contributed by atoms with van der Waals surface area (Å²) in [5.74, 6) is -0.548. The van der Waals surface area contributed by atoms with Gasteiger partial charge in [-0.3, -0.25) is 0 Å². The molecule has 1 heterocycles. The highest BCUT2D eigenvalue weighted by Gasteiger charge is 2.48. The number of aliphatic hydroxyl groups is 1. The molecule has 1 aliphatic heterocycles. The first kappa shape index (κ1) is 11.3. The number of carbonyl (C=O) groups excluding carboxylic acids is 2. The molecule has 88 valence electrons. The predicted octanol–water partition coefficient (Wildman–Crippen LogP) is -0.185. The summed E-state index contributed by atoms with van der Waals surface area (Å²) >= 11 is 0. The van der Waals surface area contributed by atoms with Crippen molar-refractivity contribution in [3.05, 3.63) is 0 Å². The van der Waals surface area contributed by atoms with E-state index in [0.29, 0.717) is 12.3 Å². The molecule has 0 amide bonds. The third-order valence-corrected chi connectivity index (χ3v) is 3.50. The molecule has 0 radical (unpaired) electrons. The van der Waals surface area contributed by atoms with Crippen molar-refractivity contribution in [2.24, 2.45) is 22.7 Å². The van der Waals surface area contributed by atoms with Gasteiger partial charge in [0.1, 0.15) is 24.7 Å². The Labute approximate surface area is 93.5 Å². The van der Waals surface area contributed by atoms with Crippen LogP contribution in [0.15, 0.2) is 4.99 Å². The molecular formula is C11H15NO4. The van der Waals surface area contributed by atoms with Crippen molar-refractivity contribution in [1.29, 1.82) is 0 Å². The molecule has 5 unspecified atom stereocenters. The van der Waals surface area contributed by atoms with Crippen LogP contribution >= 0.6 is 0 Å². The van der Waals surface area contributed by atoms with Crippen LogP contribution in [0.25, 0.3) is 0 Å². The van der Waals surface area contributed by atoms with Gasteiger partial charge in [0.15, 0.2) is 5.90 Å². The Balaban J connectivity index is 2.26. The second-order valence-electron chi connectivity index (χ2n) is 4.40. The first-order chi connectivity index (χ1) is 7.71. The first-order valence-corrected chi connectivity index (χ1v) is 5.43. The van der Waals surface area contributed by atoms with Crippen LogP contribution < -0.4 is 0 Å². The van der Waals surface area contributed by atoms with E-state index in [1.807, 2.05) is 0 Å². The van der Waals surface area contributed by atoms with Crippen molar-refractivity contribution in [2.45, 2.75) is 25.5 Å². The van der Waals surface area contributed by atoms with Gasteiger partial charge in [-0.2, -0.15) is 0 Å². The third kappa shape index (κ3) is 1.65. The van der Waals surface area contributed by atoms with Gasteiger partial charge < -0.3 is 19.4 Å². The lowest BCUT2D eigenvalue weighted by Crippen LogP contribution is -2.47. The van der Waals surface area contributed by atoms with Gasteiger partial charge in [0.2, 0.25) is 0 Å². The highest BCUT2D eigenvalue weighted by molar-refractivity contribution is 5.77. The van der Waals surface area contributed by atoms with Gasteiger partial charge in [-0.1, -0.05) is 0 Å². The number of aliphatic imine (C=N–C) groups is 1. The Hall–Kier alpha value is -1.23. The summed E-state index contributed by atoms with van der Waals surface area (Å²) in [6, 6.07) is -0.254. The van der Waals surface area contributed by atoms with E-state index in [-0.39, 0.29) is 24.7 Å². The predicted molar refractivity (Wildman–Crippen MR) is 56.1 cm³/mol. The zero-order valence-electron chi connectivity index (χ0n) is 9.07. The van der Waals surface area contributed by atoms with E-state index in [1.54, 1.807) is 6.92 Å². The maximum atomic E-state index is 11.1. The first-order valence-electron chi connectivity index (χ1n) is 5.43. The van der Waals surface area contributed by atoms with Crippen LogP contribution in [0.5, 0.6) is 0 Å². The van der Waals surface area contributed by atoms with Gasteiger partial charge in [0, 0.05) is 19.4 Å². The molecular weight excluding hydrogens is 210 g/mol. The Morgan fingerprint density at radius 3 is 2.69 bits per heavy atom. The molecule has 5 heteroatoms. The third-order valence-electron chi connectivity index (χ3n) is 3.50. The lowest BCUT2D eigenvalue weighted by molar-refractivity contribution is -0.126. The fourth-order valence-electron chi connectivity index (χ4n) is 2.70. The molecule has 5 atom stereocenters. The van der Waals surface area contributed by atoms with Crippen molar-refractivity contribution in [2.75, 3.05) is 6.61 Å². The summed E-state index contributed by atoms with van der Waals surface area (Å²) in [6.07, 6.45) is 1.95. The molecule has 1 saturated carbocycles. The van der Waals surface area contributed by atoms with Gasteiger partial charge in [0.25, 0.3) is 0 Å². The number of aliphatic hydroxyl groups excluding tert-OH is 1. The van der Waals surface area contributed by atoms with Crippen molar-refractivity contribution in [3.63, 3.8) is 0 Å². The molecule has 2 rings (SSSR count). The molecule has 0 spiro atoms. The van der Waals surface area contributed by atoms with Gasteiger partial charge in [0.05, 0.1) is 5.92 Å². The summed E-state index contributed by atoms with van der Waals surface area (Å²) in [6.45, 7) is 1.64. The SMILES string of the molecule is CC1=NC2C(CC(CO)C(C=O)C2C=O)O1. The summed E-state index contributed by atoms with van der Waals surface area (Å²) in [5, 5.41) is 9.22. The number of hydrogen-bond donors (Lipinski definition) is 1. The zero-order chi connectivity index (χ0) is 11.7. The zero-order valence-corrected chi connectivity index (χ0v) is 9.07. The number of aldehydes is 2. The molecule has 2 aliphatic rings. The van der Waals surface area contributed by atoms with E-state index < -0.39 is 11.8 Å². The Morgan fingerprint density at radius 1 is 1.44 bits per heavy atom. The summed E-state index contributed by atoms with van der Waals surface area (Å²) in [7, 11) is 0. The fraction of sp³-hybridized carbons (Fsp3) is 0.727. The van der Waals surface area contributed by atoms with Crippen LogP contribution in [-0.2, 0) is 14.3 Å². The van der Waals surface area contributed by atoms with Crippen LogP contribution in [0, 0.1) is 17.8 Å². The monoisotopic (exact) mass is 225 g/mol. The summed E-state index contributed by atoms with van der Waals surface area (Å²) in [5.41, 5.74) is 0. The minimum Gasteiger partial charge on any atom is -0.476 e. The summed E-state index contributed by atoms with van der Waals surface area (Å²) in [4.78, 5) is 26.3. The molecule has 5 nitrogen and oxygen atoms in total. The molecule has 1 fully saturated rings. The molecule has 1 aliphatic carbocycles. The number of rotatable bonds is 3. The lowest BCUT2D eigenvalue weighted by atomic mass is 9.70. The van der Waals surface area contributed by atoms with Gasteiger partial charge in [-0.25, -0.2) is 4.99 Å². The number of fused-ring (bicyclic) bond motifs is 1. The van der Waals surface area contributed by atoms with Crippen LogP contribution in [0.2, 0.25) is 0 Å². The standard InChI is InChI=1S/C11H15NO4/c1-6-12-11-9(5-15)8(4-14)7(3-13)2-10(11)16-6/h4-5,7-11,13H,2-3H2,1H3. The van der Waals surface area contributed by atoms with Crippen molar-refractivity contribution >= 4 is 18.5 Å².